The summed E-state index contributed by atoms with van der Waals surface area (Å²) < 4.78 is 10.5. The van der Waals surface area contributed by atoms with Crippen LogP contribution in [0.5, 0.6) is 5.75 Å². The minimum absolute atomic E-state index is 0.250. The van der Waals surface area contributed by atoms with Crippen molar-refractivity contribution in [1.82, 2.24) is 10.2 Å². The lowest BCUT2D eigenvalue weighted by Crippen LogP contribution is -2.47. The molecule has 0 aromatic heterocycles. The van der Waals surface area contributed by atoms with Gasteiger partial charge in [0.15, 0.2) is 12.1 Å². The van der Waals surface area contributed by atoms with Gasteiger partial charge in [-0.25, -0.2) is 4.79 Å². The molecule has 0 radical (unpaired) electrons. The number of rotatable bonds is 5. The van der Waals surface area contributed by atoms with Crippen LogP contribution >= 0.6 is 0 Å². The van der Waals surface area contributed by atoms with Crippen LogP contribution in [-0.4, -0.2) is 48.5 Å². The number of hydrogen-bond acceptors (Lipinski definition) is 6. The average Bonchev–Trinajstić information content (AvgIpc) is 2.98. The van der Waals surface area contributed by atoms with Gasteiger partial charge in [0.25, 0.3) is 11.8 Å². The van der Waals surface area contributed by atoms with Crippen molar-refractivity contribution < 1.29 is 28.7 Å². The van der Waals surface area contributed by atoms with E-state index in [1.165, 1.54) is 0 Å². The van der Waals surface area contributed by atoms with Crippen molar-refractivity contribution in [2.24, 2.45) is 0 Å². The van der Waals surface area contributed by atoms with Gasteiger partial charge in [0.1, 0.15) is 12.3 Å². The zero-order chi connectivity index (χ0) is 21.1. The highest BCUT2D eigenvalue weighted by Gasteiger charge is 2.55. The van der Waals surface area contributed by atoms with Crippen molar-refractivity contribution in [2.45, 2.75) is 12.0 Å². The molecule has 9 heteroatoms. The van der Waals surface area contributed by atoms with E-state index in [1.54, 1.807) is 54.6 Å². The second kappa shape index (κ2) is 7.86. The first-order valence-electron chi connectivity index (χ1n) is 9.36. The lowest BCUT2D eigenvalue weighted by atomic mass is 9.84. The summed E-state index contributed by atoms with van der Waals surface area (Å²) in [6.45, 7) is -0.867. The number of carbonyl (C=O) groups is 4. The van der Waals surface area contributed by atoms with Crippen LogP contribution < -0.4 is 15.4 Å². The Bertz CT molecular complexity index is 1010. The predicted octanol–water partition coefficient (Wildman–Crippen LogP) is 1.40. The Morgan fingerprint density at radius 1 is 1.10 bits per heavy atom. The summed E-state index contributed by atoms with van der Waals surface area (Å²) in [6.07, 6.45) is 0.250. The van der Waals surface area contributed by atoms with Gasteiger partial charge >= 0.3 is 12.0 Å². The fourth-order valence-corrected chi connectivity index (χ4v) is 3.55. The summed E-state index contributed by atoms with van der Waals surface area (Å²) in [5.41, 5.74) is -0.155. The van der Waals surface area contributed by atoms with E-state index in [1.807, 2.05) is 0 Å². The first kappa shape index (κ1) is 19.4. The average molecular weight is 409 g/mol. The third-order valence-corrected chi connectivity index (χ3v) is 4.97. The van der Waals surface area contributed by atoms with E-state index in [9.17, 15) is 19.2 Å². The van der Waals surface area contributed by atoms with Crippen LogP contribution in [0.15, 0.2) is 54.6 Å². The van der Waals surface area contributed by atoms with Gasteiger partial charge in [-0.1, -0.05) is 36.4 Å². The number of amides is 4. The number of nitrogens with zero attached hydrogens (tertiary/aromatic N) is 1. The summed E-state index contributed by atoms with van der Waals surface area (Å²) in [4.78, 5) is 50.4. The molecule has 0 aliphatic carbocycles. The number of anilines is 1. The standard InChI is InChI=1S/C21H19N3O6/c25-17(22-14-6-2-1-3-7-14)13-30-18(26)12-24-19(27)21(23-20(24)28)10-11-29-16-9-5-4-8-15(16)21/h1-9H,10-13H2,(H,22,25)(H,23,28)/t21-/m1/s1. The van der Waals surface area contributed by atoms with Gasteiger partial charge in [-0.15, -0.1) is 0 Å². The van der Waals surface area contributed by atoms with Crippen molar-refractivity contribution in [2.75, 3.05) is 25.1 Å². The number of nitrogens with one attached hydrogen (secondary N) is 2. The summed E-state index contributed by atoms with van der Waals surface area (Å²) >= 11 is 0. The molecule has 0 unspecified atom stereocenters. The Labute approximate surface area is 171 Å². The highest BCUT2D eigenvalue weighted by molar-refractivity contribution is 6.09. The topological polar surface area (TPSA) is 114 Å². The van der Waals surface area contributed by atoms with E-state index in [0.717, 1.165) is 4.90 Å². The van der Waals surface area contributed by atoms with E-state index in [-0.39, 0.29) is 13.0 Å². The maximum absolute atomic E-state index is 13.1. The minimum Gasteiger partial charge on any atom is -0.493 e. The predicted molar refractivity (Wildman–Crippen MR) is 105 cm³/mol. The van der Waals surface area contributed by atoms with E-state index in [0.29, 0.717) is 17.0 Å². The molecule has 2 heterocycles. The molecule has 1 atom stereocenters. The fraction of sp³-hybridized carbons (Fsp3) is 0.238. The van der Waals surface area contributed by atoms with Crippen LogP contribution in [0.25, 0.3) is 0 Å². The molecule has 2 aliphatic rings. The summed E-state index contributed by atoms with van der Waals surface area (Å²) in [7, 11) is 0. The number of ether oxygens (including phenoxy) is 2. The Morgan fingerprint density at radius 3 is 2.63 bits per heavy atom. The smallest absolute Gasteiger partial charge is 0.326 e. The number of para-hydroxylation sites is 2. The molecule has 154 valence electrons. The van der Waals surface area contributed by atoms with Gasteiger partial charge in [0, 0.05) is 17.7 Å². The van der Waals surface area contributed by atoms with Crippen LogP contribution in [-0.2, 0) is 24.7 Å². The number of hydrogen-bond donors (Lipinski definition) is 2. The zero-order valence-electron chi connectivity index (χ0n) is 15.9. The molecule has 1 fully saturated rings. The highest BCUT2D eigenvalue weighted by atomic mass is 16.5. The molecule has 1 spiro atoms. The van der Waals surface area contributed by atoms with E-state index in [2.05, 4.69) is 10.6 Å². The van der Waals surface area contributed by atoms with Crippen molar-refractivity contribution in [3.63, 3.8) is 0 Å². The van der Waals surface area contributed by atoms with Crippen LogP contribution in [0, 0.1) is 0 Å². The van der Waals surface area contributed by atoms with Gasteiger partial charge in [-0.3, -0.25) is 19.3 Å². The lowest BCUT2D eigenvalue weighted by Gasteiger charge is -2.33. The van der Waals surface area contributed by atoms with Crippen molar-refractivity contribution in [1.29, 1.82) is 0 Å². The first-order valence-corrected chi connectivity index (χ1v) is 9.36. The Balaban J connectivity index is 1.38. The SMILES string of the molecule is O=C(COC(=O)CN1C(=O)N[C@@]2(CCOc3ccccc32)C1=O)Nc1ccccc1. The highest BCUT2D eigenvalue weighted by Crippen LogP contribution is 2.40. The summed E-state index contributed by atoms with van der Waals surface area (Å²) in [5.74, 6) is -1.42. The monoisotopic (exact) mass is 409 g/mol. The van der Waals surface area contributed by atoms with Crippen molar-refractivity contribution >= 4 is 29.5 Å². The largest absolute Gasteiger partial charge is 0.493 e. The normalized spacial score (nSPS) is 19.7. The Morgan fingerprint density at radius 2 is 1.83 bits per heavy atom. The van der Waals surface area contributed by atoms with Crippen LogP contribution in [0.1, 0.15) is 12.0 Å². The molecular formula is C21H19N3O6. The quantitative estimate of drug-likeness (QED) is 0.570. The molecule has 2 aromatic carbocycles. The summed E-state index contributed by atoms with van der Waals surface area (Å²) in [6, 6.07) is 15.0. The summed E-state index contributed by atoms with van der Waals surface area (Å²) in [5, 5.41) is 5.27. The third kappa shape index (κ3) is 3.57. The molecule has 0 saturated carbocycles. The van der Waals surface area contributed by atoms with Gasteiger partial charge in [0.2, 0.25) is 0 Å². The molecule has 4 amide bonds. The number of urea groups is 1. The molecule has 0 bridgehead atoms. The molecule has 30 heavy (non-hydrogen) atoms. The molecule has 2 N–H and O–H groups in total. The Hall–Kier alpha value is -3.88. The minimum atomic E-state index is -1.27. The van der Waals surface area contributed by atoms with Gasteiger partial charge in [0.05, 0.1) is 6.61 Å². The number of fused-ring (bicyclic) bond motifs is 2. The second-order valence-corrected chi connectivity index (χ2v) is 6.90. The molecule has 9 nitrogen and oxygen atoms in total. The molecule has 1 saturated heterocycles. The second-order valence-electron chi connectivity index (χ2n) is 6.90. The molecule has 4 rings (SSSR count). The number of esters is 1. The zero-order valence-corrected chi connectivity index (χ0v) is 15.9. The number of imide groups is 1. The van der Waals surface area contributed by atoms with Crippen LogP contribution in [0.3, 0.4) is 0 Å². The van der Waals surface area contributed by atoms with Gasteiger partial charge in [-0.05, 0) is 18.2 Å². The molecule has 2 aliphatic heterocycles. The van der Waals surface area contributed by atoms with Crippen molar-refractivity contribution in [3.05, 3.63) is 60.2 Å². The van der Waals surface area contributed by atoms with Crippen LogP contribution in [0.2, 0.25) is 0 Å². The first-order chi connectivity index (χ1) is 14.5. The lowest BCUT2D eigenvalue weighted by molar-refractivity contribution is -0.150. The van der Waals surface area contributed by atoms with Crippen molar-refractivity contribution in [3.8, 4) is 5.75 Å². The molecular weight excluding hydrogens is 390 g/mol. The molecule has 2 aromatic rings. The Kier molecular flexibility index (Phi) is 5.09. The maximum atomic E-state index is 13.1. The van der Waals surface area contributed by atoms with E-state index < -0.39 is 42.5 Å². The third-order valence-electron chi connectivity index (χ3n) is 4.97. The number of benzene rings is 2. The van der Waals surface area contributed by atoms with Gasteiger partial charge < -0.3 is 20.1 Å². The fourth-order valence-electron chi connectivity index (χ4n) is 3.55. The maximum Gasteiger partial charge on any atom is 0.326 e. The van der Waals surface area contributed by atoms with E-state index >= 15 is 0 Å². The van der Waals surface area contributed by atoms with Gasteiger partial charge in [-0.2, -0.15) is 0 Å². The van der Waals surface area contributed by atoms with Crippen LogP contribution in [0.4, 0.5) is 10.5 Å². The number of carbonyl (C=O) groups excluding carboxylic acids is 4. The van der Waals surface area contributed by atoms with E-state index in [4.69, 9.17) is 9.47 Å².